The monoisotopic (exact) mass is 306 g/mol. The molecule has 1 N–H and O–H groups in total. The molecule has 1 saturated heterocycles. The molecule has 0 radical (unpaired) electrons. The highest BCUT2D eigenvalue weighted by Gasteiger charge is 2.42. The Hall–Kier alpha value is -2.57. The molecule has 1 aliphatic rings. The Balaban J connectivity index is 2.25. The highest BCUT2D eigenvalue weighted by molar-refractivity contribution is 6.15. The second-order valence-corrected chi connectivity index (χ2v) is 5.07. The molecule has 0 aliphatic carbocycles. The molecule has 0 atom stereocenters. The van der Waals surface area contributed by atoms with Crippen LogP contribution in [0.15, 0.2) is 18.2 Å². The molecule has 1 heterocycles. The van der Waals surface area contributed by atoms with Gasteiger partial charge in [0.25, 0.3) is 0 Å². The number of phenols is 1. The molecule has 7 nitrogen and oxygen atoms in total. The maximum absolute atomic E-state index is 12.2. The number of phenolic OH excluding ortho intramolecular Hbond substituents is 1. The molecule has 22 heavy (non-hydrogen) atoms. The van der Waals surface area contributed by atoms with Crippen molar-refractivity contribution in [2.24, 2.45) is 5.92 Å². The van der Waals surface area contributed by atoms with E-state index in [4.69, 9.17) is 4.74 Å². The molecule has 0 saturated carbocycles. The first kappa shape index (κ1) is 15.8. The minimum absolute atomic E-state index is 0.00342. The first-order chi connectivity index (χ1) is 10.4. The number of nitrogens with zero attached hydrogens (tertiary/aromatic N) is 2. The fourth-order valence-corrected chi connectivity index (χ4v) is 2.35. The SMILES string of the molecule is CCOc1cc(CC2C(=O)N(C)C(=O)N(C)C2=O)ccc1O. The summed E-state index contributed by atoms with van der Waals surface area (Å²) in [7, 11) is 2.70. The number of rotatable bonds is 4. The lowest BCUT2D eigenvalue weighted by molar-refractivity contribution is -0.147. The summed E-state index contributed by atoms with van der Waals surface area (Å²) in [5, 5.41) is 9.67. The molecule has 0 bridgehead atoms. The van der Waals surface area contributed by atoms with Crippen molar-refractivity contribution in [3.63, 3.8) is 0 Å². The number of hydrogen-bond donors (Lipinski definition) is 1. The van der Waals surface area contributed by atoms with Crippen molar-refractivity contribution in [3.8, 4) is 11.5 Å². The third-order valence-corrected chi connectivity index (χ3v) is 3.60. The van der Waals surface area contributed by atoms with Gasteiger partial charge in [0.05, 0.1) is 6.61 Å². The average Bonchev–Trinajstić information content (AvgIpc) is 2.51. The number of carbonyl (C=O) groups excluding carboxylic acids is 3. The van der Waals surface area contributed by atoms with Crippen LogP contribution in [0.4, 0.5) is 4.79 Å². The Morgan fingerprint density at radius 3 is 2.27 bits per heavy atom. The van der Waals surface area contributed by atoms with Crippen LogP contribution >= 0.6 is 0 Å². The maximum Gasteiger partial charge on any atom is 0.332 e. The van der Waals surface area contributed by atoms with Crippen molar-refractivity contribution in [2.75, 3.05) is 20.7 Å². The molecule has 0 unspecified atom stereocenters. The normalized spacial score (nSPS) is 16.4. The van der Waals surface area contributed by atoms with Gasteiger partial charge >= 0.3 is 6.03 Å². The van der Waals surface area contributed by atoms with Gasteiger partial charge in [-0.1, -0.05) is 6.07 Å². The summed E-state index contributed by atoms with van der Waals surface area (Å²) in [4.78, 5) is 37.9. The number of benzene rings is 1. The van der Waals surface area contributed by atoms with Gasteiger partial charge in [-0.25, -0.2) is 4.79 Å². The molecule has 1 fully saturated rings. The lowest BCUT2D eigenvalue weighted by Gasteiger charge is -2.32. The van der Waals surface area contributed by atoms with Crippen LogP contribution in [0.3, 0.4) is 0 Å². The van der Waals surface area contributed by atoms with Gasteiger partial charge in [-0.15, -0.1) is 0 Å². The van der Waals surface area contributed by atoms with Crippen LogP contribution in [0.1, 0.15) is 12.5 Å². The smallest absolute Gasteiger partial charge is 0.332 e. The Morgan fingerprint density at radius 2 is 1.73 bits per heavy atom. The zero-order valence-electron chi connectivity index (χ0n) is 12.7. The van der Waals surface area contributed by atoms with E-state index in [2.05, 4.69) is 0 Å². The van der Waals surface area contributed by atoms with Crippen molar-refractivity contribution in [1.82, 2.24) is 9.80 Å². The molecule has 0 aromatic heterocycles. The fraction of sp³-hybridized carbons (Fsp3) is 0.400. The number of hydrogen-bond acceptors (Lipinski definition) is 5. The lowest BCUT2D eigenvalue weighted by atomic mass is 9.95. The van der Waals surface area contributed by atoms with Gasteiger partial charge < -0.3 is 9.84 Å². The predicted molar refractivity (Wildman–Crippen MR) is 77.4 cm³/mol. The van der Waals surface area contributed by atoms with Crippen molar-refractivity contribution >= 4 is 17.8 Å². The molecule has 1 aromatic rings. The Morgan fingerprint density at radius 1 is 1.14 bits per heavy atom. The number of carbonyl (C=O) groups is 3. The molecule has 2 rings (SSSR count). The minimum Gasteiger partial charge on any atom is -0.504 e. The van der Waals surface area contributed by atoms with Crippen LogP contribution in [0, 0.1) is 5.92 Å². The molecule has 4 amide bonds. The number of barbiturate groups is 1. The minimum atomic E-state index is -0.952. The van der Waals surface area contributed by atoms with E-state index in [9.17, 15) is 19.5 Å². The average molecular weight is 306 g/mol. The number of aromatic hydroxyl groups is 1. The zero-order valence-corrected chi connectivity index (χ0v) is 12.7. The van der Waals surface area contributed by atoms with Gasteiger partial charge in [-0.3, -0.25) is 19.4 Å². The fourth-order valence-electron chi connectivity index (χ4n) is 2.35. The van der Waals surface area contributed by atoms with Crippen LogP contribution in [-0.4, -0.2) is 53.5 Å². The zero-order chi connectivity index (χ0) is 16.4. The molecule has 7 heteroatoms. The summed E-state index contributed by atoms with van der Waals surface area (Å²) < 4.78 is 5.28. The largest absolute Gasteiger partial charge is 0.504 e. The topological polar surface area (TPSA) is 87.2 Å². The number of amides is 4. The summed E-state index contributed by atoms with van der Waals surface area (Å²) in [6.07, 6.45) is 0.139. The van der Waals surface area contributed by atoms with Gasteiger partial charge in [0.2, 0.25) is 11.8 Å². The van der Waals surface area contributed by atoms with E-state index in [1.54, 1.807) is 19.1 Å². The number of ether oxygens (including phenoxy) is 1. The summed E-state index contributed by atoms with van der Waals surface area (Å²) in [6, 6.07) is 4.04. The van der Waals surface area contributed by atoms with Crippen molar-refractivity contribution in [1.29, 1.82) is 0 Å². The third-order valence-electron chi connectivity index (χ3n) is 3.60. The quantitative estimate of drug-likeness (QED) is 0.839. The van der Waals surface area contributed by atoms with Gasteiger partial charge in [0, 0.05) is 14.1 Å². The van der Waals surface area contributed by atoms with Gasteiger partial charge in [-0.05, 0) is 31.0 Å². The van der Waals surface area contributed by atoms with Crippen LogP contribution < -0.4 is 4.74 Å². The predicted octanol–water partition coefficient (Wildman–Crippen LogP) is 1.000. The summed E-state index contributed by atoms with van der Waals surface area (Å²) in [5.74, 6) is -1.71. The molecule has 1 aliphatic heterocycles. The van der Waals surface area contributed by atoms with E-state index in [1.807, 2.05) is 0 Å². The van der Waals surface area contributed by atoms with Crippen LogP contribution in [0.25, 0.3) is 0 Å². The van der Waals surface area contributed by atoms with E-state index in [1.165, 1.54) is 20.2 Å². The lowest BCUT2D eigenvalue weighted by Crippen LogP contribution is -2.57. The number of urea groups is 1. The maximum atomic E-state index is 12.2. The third kappa shape index (κ3) is 2.74. The molecule has 118 valence electrons. The summed E-state index contributed by atoms with van der Waals surface area (Å²) in [6.45, 7) is 2.17. The van der Waals surface area contributed by atoms with Crippen molar-refractivity contribution in [3.05, 3.63) is 23.8 Å². The van der Waals surface area contributed by atoms with E-state index < -0.39 is 23.8 Å². The Kier molecular flexibility index (Phi) is 4.35. The van der Waals surface area contributed by atoms with Gasteiger partial charge in [0.15, 0.2) is 11.5 Å². The van der Waals surface area contributed by atoms with E-state index in [0.717, 1.165) is 9.80 Å². The second kappa shape index (κ2) is 6.05. The van der Waals surface area contributed by atoms with Gasteiger partial charge in [-0.2, -0.15) is 0 Å². The van der Waals surface area contributed by atoms with Crippen LogP contribution in [-0.2, 0) is 16.0 Å². The van der Waals surface area contributed by atoms with Crippen LogP contribution in [0.2, 0.25) is 0 Å². The van der Waals surface area contributed by atoms with E-state index in [-0.39, 0.29) is 12.2 Å². The molecular formula is C15H18N2O5. The molecule has 1 aromatic carbocycles. The van der Waals surface area contributed by atoms with Crippen molar-refractivity contribution in [2.45, 2.75) is 13.3 Å². The van der Waals surface area contributed by atoms with Crippen molar-refractivity contribution < 1.29 is 24.2 Å². The molecular weight excluding hydrogens is 288 g/mol. The summed E-state index contributed by atoms with van der Waals surface area (Å²) >= 11 is 0. The number of imide groups is 2. The highest BCUT2D eigenvalue weighted by atomic mass is 16.5. The van der Waals surface area contributed by atoms with E-state index in [0.29, 0.717) is 17.9 Å². The Labute approximate surface area is 128 Å². The van der Waals surface area contributed by atoms with Gasteiger partial charge in [0.1, 0.15) is 5.92 Å². The highest BCUT2D eigenvalue weighted by Crippen LogP contribution is 2.29. The summed E-state index contributed by atoms with van der Waals surface area (Å²) in [5.41, 5.74) is 0.670. The first-order valence-corrected chi connectivity index (χ1v) is 6.90. The first-order valence-electron chi connectivity index (χ1n) is 6.90. The van der Waals surface area contributed by atoms with Crippen LogP contribution in [0.5, 0.6) is 11.5 Å². The Bertz CT molecular complexity index is 604. The second-order valence-electron chi connectivity index (χ2n) is 5.07. The van der Waals surface area contributed by atoms with E-state index >= 15 is 0 Å². The molecule has 0 spiro atoms. The standard InChI is InChI=1S/C15H18N2O5/c1-4-22-12-8-9(5-6-11(12)18)7-10-13(19)16(2)15(21)17(3)14(10)20/h5-6,8,10,18H,4,7H2,1-3H3.